The third-order valence-electron chi connectivity index (χ3n) is 5.32. The highest BCUT2D eigenvalue weighted by molar-refractivity contribution is 6.31. The fraction of sp³-hybridized carbons (Fsp3) is 0.333. The molecule has 0 saturated heterocycles. The summed E-state index contributed by atoms with van der Waals surface area (Å²) in [6.45, 7) is 1.84. The van der Waals surface area contributed by atoms with Gasteiger partial charge in [0.2, 0.25) is 0 Å². The van der Waals surface area contributed by atoms with Crippen molar-refractivity contribution < 1.29 is 22.7 Å². The van der Waals surface area contributed by atoms with Crippen LogP contribution in [0, 0.1) is 0 Å². The number of carbonyl (C=O) groups is 1. The molecule has 1 fully saturated rings. The van der Waals surface area contributed by atoms with Gasteiger partial charge in [-0.2, -0.15) is 13.2 Å². The van der Waals surface area contributed by atoms with Gasteiger partial charge in [0, 0.05) is 22.0 Å². The van der Waals surface area contributed by atoms with Crippen LogP contribution in [0.15, 0.2) is 53.0 Å². The molecule has 32 heavy (non-hydrogen) atoms. The number of benzene rings is 2. The number of allylic oxidation sites excluding steroid dienone is 1. The summed E-state index contributed by atoms with van der Waals surface area (Å²) in [6.07, 6.45) is -1.41. The lowest BCUT2D eigenvalue weighted by molar-refractivity contribution is -0.138. The fourth-order valence-corrected chi connectivity index (χ4v) is 3.92. The molecule has 1 aliphatic carbocycles. The highest BCUT2D eigenvalue weighted by Crippen LogP contribution is 2.36. The number of alkyl halides is 3. The molecule has 0 amide bonds. The second-order valence-electron chi connectivity index (χ2n) is 7.42. The normalized spacial score (nSPS) is 17.3. The summed E-state index contributed by atoms with van der Waals surface area (Å²) < 4.78 is 45.2. The summed E-state index contributed by atoms with van der Waals surface area (Å²) in [5.74, 6) is -0.412. The molecule has 2 N–H and O–H groups in total. The highest BCUT2D eigenvalue weighted by atomic mass is 35.5. The van der Waals surface area contributed by atoms with Crippen molar-refractivity contribution in [3.63, 3.8) is 0 Å². The Kier molecular flexibility index (Phi) is 7.61. The van der Waals surface area contributed by atoms with Gasteiger partial charge in [0.15, 0.2) is 0 Å². The molecule has 2 aromatic rings. The Hall–Kier alpha value is -2.80. The molecule has 0 spiro atoms. The second kappa shape index (κ2) is 10.2. The molecule has 0 aromatic heterocycles. The lowest BCUT2D eigenvalue weighted by Gasteiger charge is -2.21. The van der Waals surface area contributed by atoms with Crippen LogP contribution in [0.2, 0.25) is 5.02 Å². The number of ether oxygens (including phenoxy) is 1. The molecule has 4 nitrogen and oxygen atoms in total. The Morgan fingerprint density at radius 3 is 2.41 bits per heavy atom. The van der Waals surface area contributed by atoms with Crippen molar-refractivity contribution in [2.75, 3.05) is 6.61 Å². The van der Waals surface area contributed by atoms with Crippen LogP contribution in [0.25, 0.3) is 5.70 Å². The molecule has 0 radical (unpaired) electrons. The van der Waals surface area contributed by atoms with Crippen LogP contribution in [-0.4, -0.2) is 18.3 Å². The summed E-state index contributed by atoms with van der Waals surface area (Å²) in [6, 6.07) is 10.5. The minimum Gasteiger partial charge on any atom is -0.462 e. The van der Waals surface area contributed by atoms with Gasteiger partial charge in [0.05, 0.1) is 24.3 Å². The third kappa shape index (κ3) is 5.51. The lowest BCUT2D eigenvalue weighted by atomic mass is 9.89. The number of nitrogens with two attached hydrogens (primary N) is 1. The first-order chi connectivity index (χ1) is 15.2. The standard InChI is InChI=1S/C24H24ClF3N2O2/c1-2-32-23(31)16-12-10-15(11-13-16)22(29)17-6-3-4-9-21(17)30-14-18-19(24(26,27)28)7-5-8-20(18)25/h5,7-8,10-13H,2-4,6,9,14,29H2,1H3. The van der Waals surface area contributed by atoms with E-state index >= 15 is 0 Å². The van der Waals surface area contributed by atoms with Gasteiger partial charge in [0.1, 0.15) is 0 Å². The van der Waals surface area contributed by atoms with Crippen LogP contribution in [0.1, 0.15) is 59.7 Å². The predicted octanol–water partition coefficient (Wildman–Crippen LogP) is 6.42. The fourth-order valence-electron chi connectivity index (χ4n) is 3.69. The zero-order chi connectivity index (χ0) is 23.3. The maximum absolute atomic E-state index is 13.4. The molecule has 0 bridgehead atoms. The zero-order valence-corrected chi connectivity index (χ0v) is 18.4. The quantitative estimate of drug-likeness (QED) is 0.519. The molecule has 170 valence electrons. The molecule has 2 aromatic carbocycles. The van der Waals surface area contributed by atoms with Crippen molar-refractivity contribution in [3.05, 3.63) is 75.3 Å². The average molecular weight is 465 g/mol. The first-order valence-corrected chi connectivity index (χ1v) is 10.7. The molecule has 8 heteroatoms. The van der Waals surface area contributed by atoms with Crippen molar-refractivity contribution in [1.29, 1.82) is 0 Å². The third-order valence-corrected chi connectivity index (χ3v) is 5.68. The van der Waals surface area contributed by atoms with E-state index in [4.69, 9.17) is 22.1 Å². The van der Waals surface area contributed by atoms with Crippen molar-refractivity contribution in [1.82, 2.24) is 0 Å². The van der Waals surface area contributed by atoms with Crippen LogP contribution in [0.5, 0.6) is 0 Å². The van der Waals surface area contributed by atoms with E-state index < -0.39 is 17.7 Å². The number of esters is 1. The van der Waals surface area contributed by atoms with Gasteiger partial charge in [-0.25, -0.2) is 4.79 Å². The molecule has 0 heterocycles. The summed E-state index contributed by atoms with van der Waals surface area (Å²) in [5.41, 5.74) is 8.75. The molecule has 0 aliphatic heterocycles. The number of nitrogens with zero attached hydrogens (tertiary/aromatic N) is 1. The van der Waals surface area contributed by atoms with Gasteiger partial charge < -0.3 is 10.5 Å². The van der Waals surface area contributed by atoms with Crippen molar-refractivity contribution >= 4 is 29.0 Å². The number of carbonyl (C=O) groups excluding carboxylic acids is 1. The Morgan fingerprint density at radius 1 is 1.09 bits per heavy atom. The van der Waals surface area contributed by atoms with Gasteiger partial charge in [-0.3, -0.25) is 4.99 Å². The number of rotatable bonds is 5. The van der Waals surface area contributed by atoms with E-state index in [0.717, 1.165) is 30.0 Å². The maximum Gasteiger partial charge on any atom is 0.416 e. The molecule has 0 atom stereocenters. The molecule has 1 aliphatic rings. The van der Waals surface area contributed by atoms with E-state index in [9.17, 15) is 18.0 Å². The molecule has 0 unspecified atom stereocenters. The van der Waals surface area contributed by atoms with Gasteiger partial charge in [-0.15, -0.1) is 0 Å². The topological polar surface area (TPSA) is 64.7 Å². The van der Waals surface area contributed by atoms with Gasteiger partial charge in [-0.1, -0.05) is 29.8 Å². The van der Waals surface area contributed by atoms with E-state index in [-0.39, 0.29) is 23.7 Å². The van der Waals surface area contributed by atoms with Gasteiger partial charge in [-0.05, 0) is 68.0 Å². The molecule has 3 rings (SSSR count). The Balaban J connectivity index is 1.92. The van der Waals surface area contributed by atoms with Crippen molar-refractivity contribution in [2.45, 2.75) is 45.3 Å². The summed E-state index contributed by atoms with van der Waals surface area (Å²) in [7, 11) is 0. The van der Waals surface area contributed by atoms with E-state index in [1.165, 1.54) is 12.1 Å². The average Bonchev–Trinajstić information content (AvgIpc) is 2.77. The van der Waals surface area contributed by atoms with Crippen LogP contribution < -0.4 is 5.73 Å². The molecular formula is C24H24ClF3N2O2. The summed E-state index contributed by atoms with van der Waals surface area (Å²) >= 11 is 6.07. The number of aliphatic imine (C=N–C) groups is 1. The van der Waals surface area contributed by atoms with Crippen LogP contribution in [0.3, 0.4) is 0 Å². The van der Waals surface area contributed by atoms with Crippen LogP contribution in [-0.2, 0) is 17.5 Å². The van der Waals surface area contributed by atoms with E-state index in [0.29, 0.717) is 29.8 Å². The number of halogens is 4. The first-order valence-electron chi connectivity index (χ1n) is 10.4. The Bertz CT molecular complexity index is 1040. The molecular weight excluding hydrogens is 441 g/mol. The highest BCUT2D eigenvalue weighted by Gasteiger charge is 2.34. The van der Waals surface area contributed by atoms with Gasteiger partial charge >= 0.3 is 12.1 Å². The SMILES string of the molecule is CCOC(=O)c1ccc(C(N)=C2CCCCC2=NCc2c(Cl)cccc2C(F)(F)F)cc1. The van der Waals surface area contributed by atoms with Crippen molar-refractivity contribution in [3.8, 4) is 0 Å². The van der Waals surface area contributed by atoms with E-state index in [1.807, 2.05) is 0 Å². The molecule has 1 saturated carbocycles. The lowest BCUT2D eigenvalue weighted by Crippen LogP contribution is -2.16. The minimum absolute atomic E-state index is 0.0352. The second-order valence-corrected chi connectivity index (χ2v) is 7.83. The Morgan fingerprint density at radius 2 is 1.75 bits per heavy atom. The number of hydrogen-bond acceptors (Lipinski definition) is 4. The Labute approximate surface area is 189 Å². The minimum atomic E-state index is -4.51. The van der Waals surface area contributed by atoms with Crippen LogP contribution >= 0.6 is 11.6 Å². The van der Waals surface area contributed by atoms with Crippen LogP contribution in [0.4, 0.5) is 13.2 Å². The first kappa shape index (κ1) is 23.9. The van der Waals surface area contributed by atoms with E-state index in [1.54, 1.807) is 31.2 Å². The predicted molar refractivity (Wildman–Crippen MR) is 120 cm³/mol. The largest absolute Gasteiger partial charge is 0.462 e. The monoisotopic (exact) mass is 464 g/mol. The zero-order valence-electron chi connectivity index (χ0n) is 17.6. The number of hydrogen-bond donors (Lipinski definition) is 1. The smallest absolute Gasteiger partial charge is 0.416 e. The maximum atomic E-state index is 13.4. The van der Waals surface area contributed by atoms with Crippen molar-refractivity contribution in [2.24, 2.45) is 10.7 Å². The van der Waals surface area contributed by atoms with Gasteiger partial charge in [0.25, 0.3) is 0 Å². The summed E-state index contributed by atoms with van der Waals surface area (Å²) in [5, 5.41) is 0.0352. The van der Waals surface area contributed by atoms with E-state index in [2.05, 4.69) is 4.99 Å². The summed E-state index contributed by atoms with van der Waals surface area (Å²) in [4.78, 5) is 16.4.